The van der Waals surface area contributed by atoms with E-state index in [1.807, 2.05) is 6.07 Å². The number of aromatic hydroxyl groups is 1. The highest BCUT2D eigenvalue weighted by Crippen LogP contribution is 2.62. The highest BCUT2D eigenvalue weighted by atomic mass is 16.4. The van der Waals surface area contributed by atoms with Crippen LogP contribution in [0.4, 0.5) is 0 Å². The Morgan fingerprint density at radius 3 is 2.83 bits per heavy atom. The molecule has 3 nitrogen and oxygen atoms in total. The summed E-state index contributed by atoms with van der Waals surface area (Å²) in [5.74, 6) is 2.93. The van der Waals surface area contributed by atoms with Gasteiger partial charge in [-0.1, -0.05) is 51.8 Å². The van der Waals surface area contributed by atoms with Crippen molar-refractivity contribution in [2.24, 2.45) is 23.2 Å². The quantitative estimate of drug-likeness (QED) is 0.604. The molecule has 29 heavy (non-hydrogen) atoms. The Bertz CT molecular complexity index is 1010. The van der Waals surface area contributed by atoms with Gasteiger partial charge >= 0.3 is 0 Å². The fourth-order valence-electron chi connectivity index (χ4n) is 6.76. The zero-order chi connectivity index (χ0) is 20.4. The van der Waals surface area contributed by atoms with E-state index in [2.05, 4.69) is 39.8 Å². The van der Waals surface area contributed by atoms with E-state index in [-0.39, 0.29) is 11.2 Å². The molecule has 4 atom stereocenters. The molecule has 0 spiro atoms. The SMILES string of the molecule is CC(C)C1=CC2=CCC3C(C)(c4nc5ccc(O)cc5o4)CCCC3(C)C2CC1. The van der Waals surface area contributed by atoms with Gasteiger partial charge in [0.25, 0.3) is 0 Å². The predicted molar refractivity (Wildman–Crippen MR) is 117 cm³/mol. The summed E-state index contributed by atoms with van der Waals surface area (Å²) < 4.78 is 6.27. The van der Waals surface area contributed by atoms with Crippen LogP contribution in [0.25, 0.3) is 11.1 Å². The minimum Gasteiger partial charge on any atom is -0.508 e. The lowest BCUT2D eigenvalue weighted by molar-refractivity contribution is -0.0186. The number of fused-ring (bicyclic) bond motifs is 4. The molecule has 1 aromatic heterocycles. The zero-order valence-corrected chi connectivity index (χ0v) is 18.2. The van der Waals surface area contributed by atoms with Gasteiger partial charge in [0.2, 0.25) is 5.89 Å². The smallest absolute Gasteiger partial charge is 0.201 e. The summed E-state index contributed by atoms with van der Waals surface area (Å²) in [6, 6.07) is 5.25. The van der Waals surface area contributed by atoms with Crippen molar-refractivity contribution in [3.8, 4) is 5.75 Å². The average Bonchev–Trinajstić information content (AvgIpc) is 3.11. The van der Waals surface area contributed by atoms with Crippen molar-refractivity contribution >= 4 is 11.1 Å². The third kappa shape index (κ3) is 2.80. The third-order valence-corrected chi connectivity index (χ3v) is 8.44. The standard InChI is InChI=1S/C26H33NO2/c1-16(2)17-6-9-20-18(14-17)7-11-23-25(20,3)12-5-13-26(23,4)24-27-21-10-8-19(28)15-22(21)29-24/h7-8,10,14-16,20,23,28H,5-6,9,11-13H2,1-4H3. The van der Waals surface area contributed by atoms with Crippen LogP contribution in [0, 0.1) is 23.2 Å². The normalized spacial score (nSPS) is 34.5. The Morgan fingerprint density at radius 2 is 2.03 bits per heavy atom. The number of aromatic nitrogens is 1. The minimum absolute atomic E-state index is 0.0638. The molecule has 1 N–H and O–H groups in total. The van der Waals surface area contributed by atoms with Crippen LogP contribution in [0.5, 0.6) is 5.75 Å². The van der Waals surface area contributed by atoms with Crippen molar-refractivity contribution in [3.63, 3.8) is 0 Å². The second kappa shape index (κ2) is 6.48. The van der Waals surface area contributed by atoms with Crippen molar-refractivity contribution in [1.82, 2.24) is 4.98 Å². The second-order valence-electron chi connectivity index (χ2n) is 10.4. The molecule has 1 fully saturated rings. The van der Waals surface area contributed by atoms with Crippen LogP contribution >= 0.6 is 0 Å². The molecule has 3 heteroatoms. The first kappa shape index (κ1) is 19.0. The van der Waals surface area contributed by atoms with Crippen molar-refractivity contribution in [3.05, 3.63) is 47.4 Å². The molecule has 2 aromatic rings. The van der Waals surface area contributed by atoms with Gasteiger partial charge in [-0.05, 0) is 73.0 Å². The third-order valence-electron chi connectivity index (χ3n) is 8.44. The maximum Gasteiger partial charge on any atom is 0.201 e. The molecule has 4 unspecified atom stereocenters. The molecule has 1 saturated carbocycles. The van der Waals surface area contributed by atoms with Gasteiger partial charge in [-0.2, -0.15) is 0 Å². The van der Waals surface area contributed by atoms with Crippen molar-refractivity contribution in [2.45, 2.75) is 71.6 Å². The molecule has 0 bridgehead atoms. The van der Waals surface area contributed by atoms with E-state index in [1.54, 1.807) is 23.3 Å². The Hall–Kier alpha value is -2.03. The van der Waals surface area contributed by atoms with Crippen molar-refractivity contribution in [2.75, 3.05) is 0 Å². The molecule has 154 valence electrons. The van der Waals surface area contributed by atoms with Gasteiger partial charge in [-0.25, -0.2) is 4.98 Å². The van der Waals surface area contributed by atoms with Gasteiger partial charge in [0.05, 0.1) is 0 Å². The van der Waals surface area contributed by atoms with E-state index < -0.39 is 0 Å². The molecule has 1 heterocycles. The maximum atomic E-state index is 9.83. The summed E-state index contributed by atoms with van der Waals surface area (Å²) in [6.07, 6.45) is 12.3. The van der Waals surface area contributed by atoms with E-state index in [9.17, 15) is 5.11 Å². The number of oxazole rings is 1. The van der Waals surface area contributed by atoms with Gasteiger partial charge < -0.3 is 9.52 Å². The van der Waals surface area contributed by atoms with Crippen molar-refractivity contribution in [1.29, 1.82) is 0 Å². The van der Waals surface area contributed by atoms with Crippen LogP contribution in [-0.2, 0) is 5.41 Å². The van der Waals surface area contributed by atoms with Crippen LogP contribution in [0.15, 0.2) is 45.9 Å². The molecule has 0 saturated heterocycles. The summed E-state index contributed by atoms with van der Waals surface area (Å²) in [4.78, 5) is 4.90. The van der Waals surface area contributed by atoms with E-state index in [1.165, 1.54) is 25.7 Å². The summed E-state index contributed by atoms with van der Waals surface area (Å²) in [5, 5.41) is 9.83. The summed E-state index contributed by atoms with van der Waals surface area (Å²) in [5.41, 5.74) is 4.98. The molecular formula is C26H33NO2. The maximum absolute atomic E-state index is 9.83. The van der Waals surface area contributed by atoms with Crippen LogP contribution in [0.3, 0.4) is 0 Å². The van der Waals surface area contributed by atoms with E-state index in [4.69, 9.17) is 9.40 Å². The first-order valence-electron chi connectivity index (χ1n) is 11.3. The number of nitrogens with zero attached hydrogens (tertiary/aromatic N) is 1. The van der Waals surface area contributed by atoms with E-state index >= 15 is 0 Å². The summed E-state index contributed by atoms with van der Waals surface area (Å²) in [6.45, 7) is 9.55. The Kier molecular flexibility index (Phi) is 4.24. The number of hydrogen-bond acceptors (Lipinski definition) is 3. The highest BCUT2D eigenvalue weighted by Gasteiger charge is 2.56. The van der Waals surface area contributed by atoms with E-state index in [0.29, 0.717) is 28.8 Å². The van der Waals surface area contributed by atoms with Crippen LogP contribution < -0.4 is 0 Å². The van der Waals surface area contributed by atoms with Gasteiger partial charge in [0.15, 0.2) is 5.58 Å². The zero-order valence-electron chi connectivity index (χ0n) is 18.2. The lowest BCUT2D eigenvalue weighted by Crippen LogP contribution is -2.52. The number of allylic oxidation sites excluding steroid dienone is 4. The molecule has 3 aliphatic rings. The monoisotopic (exact) mass is 391 g/mol. The first-order chi connectivity index (χ1) is 13.8. The molecular weight excluding hydrogens is 358 g/mol. The van der Waals surface area contributed by atoms with E-state index in [0.717, 1.165) is 24.2 Å². The lowest BCUT2D eigenvalue weighted by atomic mass is 9.47. The molecule has 3 aliphatic carbocycles. The number of rotatable bonds is 2. The van der Waals surface area contributed by atoms with Crippen molar-refractivity contribution < 1.29 is 9.52 Å². The van der Waals surface area contributed by atoms with Gasteiger partial charge in [-0.3, -0.25) is 0 Å². The Labute approximate surface area is 173 Å². The average molecular weight is 392 g/mol. The predicted octanol–water partition coefficient (Wildman–Crippen LogP) is 6.92. The number of benzene rings is 1. The summed E-state index contributed by atoms with van der Waals surface area (Å²) >= 11 is 0. The lowest BCUT2D eigenvalue weighted by Gasteiger charge is -2.57. The first-order valence-corrected chi connectivity index (χ1v) is 11.3. The Balaban J connectivity index is 1.57. The molecule has 1 aromatic carbocycles. The van der Waals surface area contributed by atoms with Gasteiger partial charge in [-0.15, -0.1) is 0 Å². The van der Waals surface area contributed by atoms with Gasteiger partial charge in [0.1, 0.15) is 11.3 Å². The van der Waals surface area contributed by atoms with Crippen LogP contribution in [0.2, 0.25) is 0 Å². The fourth-order valence-corrected chi connectivity index (χ4v) is 6.76. The van der Waals surface area contributed by atoms with Crippen LogP contribution in [0.1, 0.15) is 72.1 Å². The summed E-state index contributed by atoms with van der Waals surface area (Å²) in [7, 11) is 0. The largest absolute Gasteiger partial charge is 0.508 e. The van der Waals surface area contributed by atoms with Gasteiger partial charge in [0, 0.05) is 11.5 Å². The molecule has 5 rings (SSSR count). The second-order valence-corrected chi connectivity index (χ2v) is 10.4. The Morgan fingerprint density at radius 1 is 1.21 bits per heavy atom. The number of phenolic OH excluding ortho intramolecular Hbond substituents is 1. The highest BCUT2D eigenvalue weighted by molar-refractivity contribution is 5.74. The topological polar surface area (TPSA) is 46.3 Å². The molecule has 0 amide bonds. The fraction of sp³-hybridized carbons (Fsp3) is 0.577. The number of hydrogen-bond donors (Lipinski definition) is 1. The molecule has 0 aliphatic heterocycles. The number of phenols is 1. The van der Waals surface area contributed by atoms with Crippen LogP contribution in [-0.4, -0.2) is 10.1 Å². The molecule has 0 radical (unpaired) electrons. The minimum atomic E-state index is -0.0638.